The number of hydrogen-bond donors (Lipinski definition) is 1. The van der Waals surface area contributed by atoms with Crippen molar-refractivity contribution in [2.24, 2.45) is 0 Å². The third kappa shape index (κ3) is 3.63. The lowest BCUT2D eigenvalue weighted by Gasteiger charge is -2.12. The standard InChI is InChI=1S/C14H19N3O3/c1-4-18-12-7-6-11(8-13(12)19-5-2)15-9-14-17-16-10(3)20-14/h6-8,15H,4-5,9H2,1-3H3. The van der Waals surface area contributed by atoms with E-state index in [1.165, 1.54) is 0 Å². The molecule has 0 aliphatic carbocycles. The van der Waals surface area contributed by atoms with Crippen LogP contribution in [0.25, 0.3) is 0 Å². The second kappa shape index (κ2) is 6.79. The van der Waals surface area contributed by atoms with Gasteiger partial charge in [-0.3, -0.25) is 0 Å². The van der Waals surface area contributed by atoms with Gasteiger partial charge in [-0.1, -0.05) is 0 Å². The minimum absolute atomic E-state index is 0.473. The molecule has 0 fully saturated rings. The summed E-state index contributed by atoms with van der Waals surface area (Å²) in [6.45, 7) is 7.32. The van der Waals surface area contributed by atoms with Crippen LogP contribution >= 0.6 is 0 Å². The van der Waals surface area contributed by atoms with E-state index in [2.05, 4.69) is 15.5 Å². The highest BCUT2D eigenvalue weighted by molar-refractivity contribution is 5.54. The van der Waals surface area contributed by atoms with Gasteiger partial charge in [-0.05, 0) is 26.0 Å². The highest BCUT2D eigenvalue weighted by atomic mass is 16.5. The molecule has 6 heteroatoms. The minimum Gasteiger partial charge on any atom is -0.490 e. The number of ether oxygens (including phenoxy) is 2. The zero-order valence-corrected chi connectivity index (χ0v) is 12.0. The predicted molar refractivity (Wildman–Crippen MR) is 75.1 cm³/mol. The Morgan fingerprint density at radius 2 is 1.85 bits per heavy atom. The molecule has 0 aliphatic rings. The number of aryl methyl sites for hydroxylation is 1. The van der Waals surface area contributed by atoms with E-state index in [9.17, 15) is 0 Å². The summed E-state index contributed by atoms with van der Waals surface area (Å²) >= 11 is 0. The van der Waals surface area contributed by atoms with Crippen molar-refractivity contribution < 1.29 is 13.9 Å². The summed E-state index contributed by atoms with van der Waals surface area (Å²) in [5.74, 6) is 2.58. The van der Waals surface area contributed by atoms with E-state index in [0.29, 0.717) is 31.5 Å². The van der Waals surface area contributed by atoms with Gasteiger partial charge in [-0.2, -0.15) is 0 Å². The van der Waals surface area contributed by atoms with Crippen LogP contribution in [0.4, 0.5) is 5.69 Å². The normalized spacial score (nSPS) is 10.3. The van der Waals surface area contributed by atoms with Gasteiger partial charge < -0.3 is 19.2 Å². The van der Waals surface area contributed by atoms with Crippen LogP contribution in [0.3, 0.4) is 0 Å². The first-order chi connectivity index (χ1) is 9.72. The van der Waals surface area contributed by atoms with Gasteiger partial charge in [0.15, 0.2) is 11.5 Å². The van der Waals surface area contributed by atoms with E-state index >= 15 is 0 Å². The molecule has 0 atom stereocenters. The highest BCUT2D eigenvalue weighted by Gasteiger charge is 2.07. The summed E-state index contributed by atoms with van der Waals surface area (Å²) in [7, 11) is 0. The molecule has 0 spiro atoms. The van der Waals surface area contributed by atoms with E-state index in [4.69, 9.17) is 13.9 Å². The van der Waals surface area contributed by atoms with Crippen LogP contribution in [0.15, 0.2) is 22.6 Å². The van der Waals surface area contributed by atoms with Gasteiger partial charge in [0.05, 0.1) is 19.8 Å². The van der Waals surface area contributed by atoms with Gasteiger partial charge in [0.1, 0.15) is 0 Å². The Labute approximate surface area is 118 Å². The molecule has 0 radical (unpaired) electrons. The molecule has 1 N–H and O–H groups in total. The molecule has 0 saturated heterocycles. The predicted octanol–water partition coefficient (Wildman–Crippen LogP) is 2.79. The minimum atomic E-state index is 0.473. The molecule has 0 bridgehead atoms. The second-order valence-corrected chi connectivity index (χ2v) is 4.10. The van der Waals surface area contributed by atoms with Crippen molar-refractivity contribution in [1.82, 2.24) is 10.2 Å². The number of anilines is 1. The molecule has 108 valence electrons. The number of rotatable bonds is 7. The van der Waals surface area contributed by atoms with Gasteiger partial charge in [-0.15, -0.1) is 10.2 Å². The van der Waals surface area contributed by atoms with Crippen LogP contribution in [-0.4, -0.2) is 23.4 Å². The van der Waals surface area contributed by atoms with Gasteiger partial charge in [0.25, 0.3) is 0 Å². The number of aromatic nitrogens is 2. The zero-order chi connectivity index (χ0) is 14.4. The molecule has 1 heterocycles. The van der Waals surface area contributed by atoms with Crippen molar-refractivity contribution in [1.29, 1.82) is 0 Å². The first kappa shape index (κ1) is 14.2. The molecule has 6 nitrogen and oxygen atoms in total. The summed E-state index contributed by atoms with van der Waals surface area (Å²) in [5.41, 5.74) is 0.910. The van der Waals surface area contributed by atoms with Gasteiger partial charge >= 0.3 is 0 Å². The Kier molecular flexibility index (Phi) is 4.81. The van der Waals surface area contributed by atoms with E-state index in [-0.39, 0.29) is 0 Å². The second-order valence-electron chi connectivity index (χ2n) is 4.10. The van der Waals surface area contributed by atoms with Gasteiger partial charge in [-0.25, -0.2) is 0 Å². The van der Waals surface area contributed by atoms with Crippen LogP contribution in [-0.2, 0) is 6.54 Å². The van der Waals surface area contributed by atoms with Crippen LogP contribution in [0.1, 0.15) is 25.6 Å². The van der Waals surface area contributed by atoms with E-state index < -0.39 is 0 Å². The average Bonchev–Trinajstić information content (AvgIpc) is 2.85. The first-order valence-corrected chi connectivity index (χ1v) is 6.65. The van der Waals surface area contributed by atoms with Crippen LogP contribution < -0.4 is 14.8 Å². The zero-order valence-electron chi connectivity index (χ0n) is 12.0. The molecule has 2 rings (SSSR count). The summed E-state index contributed by atoms with van der Waals surface area (Å²) in [4.78, 5) is 0. The molecule has 0 saturated carbocycles. The highest BCUT2D eigenvalue weighted by Crippen LogP contribution is 2.30. The van der Waals surface area contributed by atoms with E-state index in [1.807, 2.05) is 32.0 Å². The van der Waals surface area contributed by atoms with E-state index in [1.54, 1.807) is 6.92 Å². The first-order valence-electron chi connectivity index (χ1n) is 6.65. The molecule has 20 heavy (non-hydrogen) atoms. The summed E-state index contributed by atoms with van der Waals surface area (Å²) in [6, 6.07) is 5.71. The fourth-order valence-electron chi connectivity index (χ4n) is 1.75. The van der Waals surface area contributed by atoms with Crippen LogP contribution in [0.2, 0.25) is 0 Å². The van der Waals surface area contributed by atoms with Crippen LogP contribution in [0, 0.1) is 6.92 Å². The largest absolute Gasteiger partial charge is 0.490 e. The third-order valence-corrected chi connectivity index (χ3v) is 2.56. The number of hydrogen-bond acceptors (Lipinski definition) is 6. The quantitative estimate of drug-likeness (QED) is 0.839. The molecular weight excluding hydrogens is 258 g/mol. The summed E-state index contributed by atoms with van der Waals surface area (Å²) in [6.07, 6.45) is 0. The molecular formula is C14H19N3O3. The molecule has 0 amide bonds. The summed E-state index contributed by atoms with van der Waals surface area (Å²) < 4.78 is 16.4. The van der Waals surface area contributed by atoms with Crippen LogP contribution in [0.5, 0.6) is 11.5 Å². The van der Waals surface area contributed by atoms with E-state index in [0.717, 1.165) is 17.2 Å². The lowest BCUT2D eigenvalue weighted by Crippen LogP contribution is -2.02. The Bertz CT molecular complexity index is 554. The lowest BCUT2D eigenvalue weighted by molar-refractivity contribution is 0.288. The van der Waals surface area contributed by atoms with Crippen molar-refractivity contribution in [2.45, 2.75) is 27.3 Å². The Balaban J connectivity index is 2.05. The molecule has 1 aromatic carbocycles. The van der Waals surface area contributed by atoms with Crippen molar-refractivity contribution >= 4 is 5.69 Å². The lowest BCUT2D eigenvalue weighted by atomic mass is 10.2. The maximum absolute atomic E-state index is 5.57. The molecule has 1 aromatic heterocycles. The van der Waals surface area contributed by atoms with Crippen molar-refractivity contribution in [3.8, 4) is 11.5 Å². The summed E-state index contributed by atoms with van der Waals surface area (Å²) in [5, 5.41) is 10.9. The molecule has 0 unspecified atom stereocenters. The average molecular weight is 277 g/mol. The monoisotopic (exact) mass is 277 g/mol. The fourth-order valence-corrected chi connectivity index (χ4v) is 1.75. The van der Waals surface area contributed by atoms with Crippen molar-refractivity contribution in [2.75, 3.05) is 18.5 Å². The Morgan fingerprint density at radius 1 is 1.10 bits per heavy atom. The Morgan fingerprint density at radius 3 is 2.50 bits per heavy atom. The maximum atomic E-state index is 5.57. The smallest absolute Gasteiger partial charge is 0.235 e. The molecule has 0 aliphatic heterocycles. The Hall–Kier alpha value is -2.24. The van der Waals surface area contributed by atoms with Gasteiger partial charge in [0, 0.05) is 18.7 Å². The topological polar surface area (TPSA) is 69.4 Å². The number of benzene rings is 1. The molecule has 2 aromatic rings. The van der Waals surface area contributed by atoms with Gasteiger partial charge in [0.2, 0.25) is 11.8 Å². The SMILES string of the molecule is CCOc1ccc(NCc2nnc(C)o2)cc1OCC. The van der Waals surface area contributed by atoms with Crippen molar-refractivity contribution in [3.05, 3.63) is 30.0 Å². The fraction of sp³-hybridized carbons (Fsp3) is 0.429. The third-order valence-electron chi connectivity index (χ3n) is 2.56. The number of nitrogens with zero attached hydrogens (tertiary/aromatic N) is 2. The maximum Gasteiger partial charge on any atom is 0.235 e. The number of nitrogens with one attached hydrogen (secondary N) is 1. The van der Waals surface area contributed by atoms with Crippen molar-refractivity contribution in [3.63, 3.8) is 0 Å².